The number of carbonyl (C=O) groups excluding carboxylic acids is 1. The molecular weight excluding hydrogens is 393 g/mol. The Kier molecular flexibility index (Phi) is 5.15. The molecule has 0 spiro atoms. The molecule has 0 radical (unpaired) electrons. The van der Waals surface area contributed by atoms with Crippen molar-refractivity contribution in [2.24, 2.45) is 0 Å². The van der Waals surface area contributed by atoms with E-state index in [1.54, 1.807) is 29.1 Å². The molecule has 1 amide bonds. The number of hydrogen-bond acceptors (Lipinski definition) is 2. The van der Waals surface area contributed by atoms with Gasteiger partial charge in [-0.3, -0.25) is 4.79 Å². The van der Waals surface area contributed by atoms with Crippen LogP contribution in [-0.2, 0) is 0 Å². The first-order valence-electron chi connectivity index (χ1n) is 8.58. The van der Waals surface area contributed by atoms with E-state index in [1.165, 1.54) is 0 Å². The van der Waals surface area contributed by atoms with Crippen molar-refractivity contribution in [2.75, 3.05) is 5.32 Å². The van der Waals surface area contributed by atoms with Crippen LogP contribution in [0, 0.1) is 0 Å². The third-order valence-corrected chi connectivity index (χ3v) is 4.62. The average Bonchev–Trinajstić information content (AvgIpc) is 3.14. The highest BCUT2D eigenvalue weighted by Gasteiger charge is 2.20. The second kappa shape index (κ2) is 7.89. The maximum atomic E-state index is 13.0. The summed E-state index contributed by atoms with van der Waals surface area (Å²) in [5.41, 5.74) is 3.43. The molecule has 0 fully saturated rings. The van der Waals surface area contributed by atoms with Crippen molar-refractivity contribution in [3.8, 4) is 16.9 Å². The van der Waals surface area contributed by atoms with E-state index >= 15 is 0 Å². The van der Waals surface area contributed by atoms with E-state index in [2.05, 4.69) is 10.4 Å². The van der Waals surface area contributed by atoms with Gasteiger partial charge in [-0.2, -0.15) is 5.10 Å². The molecular formula is C22H15Cl2N3O. The van der Waals surface area contributed by atoms with Crippen LogP contribution < -0.4 is 5.32 Å². The highest BCUT2D eigenvalue weighted by molar-refractivity contribution is 6.35. The minimum Gasteiger partial charge on any atom is -0.322 e. The van der Waals surface area contributed by atoms with Crippen LogP contribution >= 0.6 is 23.2 Å². The van der Waals surface area contributed by atoms with Crippen LogP contribution in [0.3, 0.4) is 0 Å². The van der Waals surface area contributed by atoms with Gasteiger partial charge in [0.05, 0.1) is 23.1 Å². The van der Waals surface area contributed by atoms with E-state index in [1.807, 2.05) is 60.7 Å². The first-order chi connectivity index (χ1) is 13.6. The number of benzene rings is 3. The lowest BCUT2D eigenvalue weighted by molar-refractivity contribution is 0.102. The molecule has 1 heterocycles. The lowest BCUT2D eigenvalue weighted by Gasteiger charge is -2.11. The molecule has 138 valence electrons. The standard InChI is InChI=1S/C22H15Cl2N3O/c23-16-11-17(24)13-18(12-16)26-22(28)20-14-25-27(19-9-5-2-6-10-19)21(20)15-7-3-1-4-8-15/h1-14H,(H,26,28). The number of amides is 1. The molecule has 0 bridgehead atoms. The largest absolute Gasteiger partial charge is 0.322 e. The lowest BCUT2D eigenvalue weighted by atomic mass is 10.1. The smallest absolute Gasteiger partial charge is 0.259 e. The first kappa shape index (κ1) is 18.3. The van der Waals surface area contributed by atoms with E-state index in [4.69, 9.17) is 23.2 Å². The number of nitrogens with one attached hydrogen (secondary N) is 1. The van der Waals surface area contributed by atoms with Crippen molar-refractivity contribution < 1.29 is 4.79 Å². The van der Waals surface area contributed by atoms with E-state index in [9.17, 15) is 4.79 Å². The zero-order valence-corrected chi connectivity index (χ0v) is 16.2. The van der Waals surface area contributed by atoms with Gasteiger partial charge in [0.2, 0.25) is 0 Å². The van der Waals surface area contributed by atoms with Crippen molar-refractivity contribution in [1.29, 1.82) is 0 Å². The highest BCUT2D eigenvalue weighted by Crippen LogP contribution is 2.28. The highest BCUT2D eigenvalue weighted by atomic mass is 35.5. The van der Waals surface area contributed by atoms with Crippen molar-refractivity contribution >= 4 is 34.8 Å². The molecule has 0 unspecified atom stereocenters. The lowest BCUT2D eigenvalue weighted by Crippen LogP contribution is -2.13. The number of rotatable bonds is 4. The average molecular weight is 408 g/mol. The Labute approximate surface area is 172 Å². The summed E-state index contributed by atoms with van der Waals surface area (Å²) in [6.07, 6.45) is 1.57. The second-order valence-electron chi connectivity index (χ2n) is 6.13. The third-order valence-electron chi connectivity index (χ3n) is 4.18. The Bertz CT molecular complexity index is 1100. The first-order valence-corrected chi connectivity index (χ1v) is 9.34. The molecule has 0 aliphatic carbocycles. The van der Waals surface area contributed by atoms with Crippen LogP contribution in [0.25, 0.3) is 16.9 Å². The Morgan fingerprint density at radius 2 is 1.46 bits per heavy atom. The topological polar surface area (TPSA) is 46.9 Å². The maximum Gasteiger partial charge on any atom is 0.259 e. The van der Waals surface area contributed by atoms with Crippen molar-refractivity contribution in [3.05, 3.63) is 101 Å². The summed E-state index contributed by atoms with van der Waals surface area (Å²) in [5, 5.41) is 8.22. The van der Waals surface area contributed by atoms with Gasteiger partial charge in [-0.25, -0.2) is 4.68 Å². The third kappa shape index (κ3) is 3.79. The molecule has 3 aromatic carbocycles. The molecule has 1 aromatic heterocycles. The number of hydrogen-bond donors (Lipinski definition) is 1. The monoisotopic (exact) mass is 407 g/mol. The summed E-state index contributed by atoms with van der Waals surface area (Å²) in [7, 11) is 0. The summed E-state index contributed by atoms with van der Waals surface area (Å²) in [6, 6.07) is 24.3. The molecule has 6 heteroatoms. The predicted molar refractivity (Wildman–Crippen MR) is 113 cm³/mol. The number of halogens is 2. The number of anilines is 1. The zero-order chi connectivity index (χ0) is 19.5. The number of aromatic nitrogens is 2. The Morgan fingerprint density at radius 3 is 2.11 bits per heavy atom. The molecule has 0 aliphatic rings. The number of nitrogens with zero attached hydrogens (tertiary/aromatic N) is 2. The van der Waals surface area contributed by atoms with E-state index in [0.29, 0.717) is 27.0 Å². The molecule has 28 heavy (non-hydrogen) atoms. The number of para-hydroxylation sites is 1. The van der Waals surface area contributed by atoms with Crippen LogP contribution in [0.4, 0.5) is 5.69 Å². The van der Waals surface area contributed by atoms with Gasteiger partial charge in [-0.15, -0.1) is 0 Å². The summed E-state index contributed by atoms with van der Waals surface area (Å²) >= 11 is 12.1. The molecule has 4 nitrogen and oxygen atoms in total. The zero-order valence-electron chi connectivity index (χ0n) is 14.6. The molecule has 0 saturated heterocycles. The maximum absolute atomic E-state index is 13.0. The fourth-order valence-corrected chi connectivity index (χ4v) is 3.50. The van der Waals surface area contributed by atoms with Crippen molar-refractivity contribution in [1.82, 2.24) is 9.78 Å². The minimum absolute atomic E-state index is 0.292. The summed E-state index contributed by atoms with van der Waals surface area (Å²) in [5.74, 6) is -0.292. The van der Waals surface area contributed by atoms with Gasteiger partial charge in [0.15, 0.2) is 0 Å². The normalized spacial score (nSPS) is 10.6. The fourth-order valence-electron chi connectivity index (χ4n) is 2.98. The predicted octanol–water partition coefficient (Wildman–Crippen LogP) is 6.10. The molecule has 4 aromatic rings. The second-order valence-corrected chi connectivity index (χ2v) is 7.01. The molecule has 0 atom stereocenters. The van der Waals surface area contributed by atoms with Gasteiger partial charge in [0.25, 0.3) is 5.91 Å². The van der Waals surface area contributed by atoms with Crippen LogP contribution in [0.1, 0.15) is 10.4 Å². The van der Waals surface area contributed by atoms with Crippen LogP contribution in [-0.4, -0.2) is 15.7 Å². The van der Waals surface area contributed by atoms with Gasteiger partial charge >= 0.3 is 0 Å². The number of carbonyl (C=O) groups is 1. The summed E-state index contributed by atoms with van der Waals surface area (Å²) in [6.45, 7) is 0. The van der Waals surface area contributed by atoms with E-state index in [-0.39, 0.29) is 5.91 Å². The van der Waals surface area contributed by atoms with Crippen molar-refractivity contribution in [2.45, 2.75) is 0 Å². The molecule has 0 aliphatic heterocycles. The molecule has 0 saturated carbocycles. The Morgan fingerprint density at radius 1 is 0.857 bits per heavy atom. The van der Waals surface area contributed by atoms with Crippen LogP contribution in [0.15, 0.2) is 85.1 Å². The van der Waals surface area contributed by atoms with E-state index in [0.717, 1.165) is 11.3 Å². The van der Waals surface area contributed by atoms with Gasteiger partial charge in [-0.1, -0.05) is 71.7 Å². The van der Waals surface area contributed by atoms with Crippen LogP contribution in [0.2, 0.25) is 10.0 Å². The summed E-state index contributed by atoms with van der Waals surface area (Å²) in [4.78, 5) is 13.0. The molecule has 1 N–H and O–H groups in total. The minimum atomic E-state index is -0.292. The van der Waals surface area contributed by atoms with Crippen molar-refractivity contribution in [3.63, 3.8) is 0 Å². The molecule has 4 rings (SSSR count). The fraction of sp³-hybridized carbons (Fsp3) is 0. The quantitative estimate of drug-likeness (QED) is 0.444. The SMILES string of the molecule is O=C(Nc1cc(Cl)cc(Cl)c1)c1cnn(-c2ccccc2)c1-c1ccccc1. The van der Waals surface area contributed by atoms with Gasteiger partial charge in [0, 0.05) is 21.3 Å². The Hall–Kier alpha value is -3.08. The van der Waals surface area contributed by atoms with Gasteiger partial charge in [0.1, 0.15) is 0 Å². The van der Waals surface area contributed by atoms with Gasteiger partial charge < -0.3 is 5.32 Å². The Balaban J connectivity index is 1.78. The van der Waals surface area contributed by atoms with Gasteiger partial charge in [-0.05, 0) is 30.3 Å². The van der Waals surface area contributed by atoms with Crippen LogP contribution in [0.5, 0.6) is 0 Å². The summed E-state index contributed by atoms with van der Waals surface area (Å²) < 4.78 is 1.76. The van der Waals surface area contributed by atoms with E-state index < -0.39 is 0 Å².